The van der Waals surface area contributed by atoms with E-state index in [2.05, 4.69) is 18.8 Å². The molecule has 0 saturated carbocycles. The first kappa shape index (κ1) is 14.6. The van der Waals surface area contributed by atoms with Gasteiger partial charge in [-0.05, 0) is 13.3 Å². The molecule has 0 aromatic carbocycles. The average molecular weight is 208 g/mol. The Morgan fingerprint density at radius 3 is 1.60 bits per heavy atom. The van der Waals surface area contributed by atoms with Crippen molar-refractivity contribution in [2.24, 2.45) is 0 Å². The first-order chi connectivity index (χ1) is 7.41. The monoisotopic (exact) mass is 208 g/mol. The number of hydrogen-bond acceptors (Lipinski definition) is 0. The topological polar surface area (TPSA) is 0 Å². The van der Waals surface area contributed by atoms with E-state index in [-0.39, 0.29) is 0 Å². The molecule has 0 heterocycles. The van der Waals surface area contributed by atoms with Crippen LogP contribution in [0.15, 0.2) is 0 Å². The van der Waals surface area contributed by atoms with Crippen molar-refractivity contribution < 1.29 is 0 Å². The van der Waals surface area contributed by atoms with Gasteiger partial charge in [-0.25, -0.2) is 0 Å². The van der Waals surface area contributed by atoms with Crippen LogP contribution in [0, 0.1) is 11.8 Å². The Morgan fingerprint density at radius 2 is 1.13 bits per heavy atom. The van der Waals surface area contributed by atoms with Gasteiger partial charge in [0.05, 0.1) is 0 Å². The smallest absolute Gasteiger partial charge is 0.00885 e. The molecule has 0 aromatic heterocycles. The van der Waals surface area contributed by atoms with Gasteiger partial charge in [0.1, 0.15) is 0 Å². The zero-order valence-electron chi connectivity index (χ0n) is 10.8. The summed E-state index contributed by atoms with van der Waals surface area (Å²) in [5.74, 6) is 6.07. The molecule has 0 saturated heterocycles. The highest BCUT2D eigenvalue weighted by Gasteiger charge is 1.91. The maximum Gasteiger partial charge on any atom is 0.00885 e. The van der Waals surface area contributed by atoms with Crippen LogP contribution in [-0.4, -0.2) is 0 Å². The van der Waals surface area contributed by atoms with E-state index in [0.29, 0.717) is 0 Å². The van der Waals surface area contributed by atoms with Crippen LogP contribution in [0.4, 0.5) is 0 Å². The summed E-state index contributed by atoms with van der Waals surface area (Å²) in [5, 5.41) is 0. The van der Waals surface area contributed by atoms with Gasteiger partial charge in [-0.2, -0.15) is 0 Å². The Balaban J connectivity index is 2.88. The molecule has 0 fully saturated rings. The molecule has 0 unspecified atom stereocenters. The maximum atomic E-state index is 3.12. The quantitative estimate of drug-likeness (QED) is 0.336. The van der Waals surface area contributed by atoms with Gasteiger partial charge in [-0.3, -0.25) is 0 Å². The number of unbranched alkanes of at least 4 members (excludes halogenated alkanes) is 10. The first-order valence-corrected chi connectivity index (χ1v) is 6.81. The summed E-state index contributed by atoms with van der Waals surface area (Å²) in [6.07, 6.45) is 15.2. The van der Waals surface area contributed by atoms with Crippen molar-refractivity contribution in [3.8, 4) is 11.8 Å². The minimum atomic E-state index is 1.10. The van der Waals surface area contributed by atoms with Crippen LogP contribution in [0.25, 0.3) is 0 Å². The van der Waals surface area contributed by atoms with Gasteiger partial charge in [-0.1, -0.05) is 64.7 Å². The predicted octanol–water partition coefficient (Wildman–Crippen LogP) is 5.32. The van der Waals surface area contributed by atoms with Crippen LogP contribution < -0.4 is 0 Å². The lowest BCUT2D eigenvalue weighted by molar-refractivity contribution is 0.558. The molecule has 88 valence electrons. The molecule has 0 aliphatic carbocycles. The van der Waals surface area contributed by atoms with E-state index < -0.39 is 0 Å². The van der Waals surface area contributed by atoms with Crippen molar-refractivity contribution in [2.45, 2.75) is 84.5 Å². The lowest BCUT2D eigenvalue weighted by Gasteiger charge is -2.00. The molecule has 0 bridgehead atoms. The third-order valence-corrected chi connectivity index (χ3v) is 2.83. The van der Waals surface area contributed by atoms with Crippen molar-refractivity contribution in [3.05, 3.63) is 0 Å². The Kier molecular flexibility index (Phi) is 13.2. The molecule has 0 spiro atoms. The summed E-state index contributed by atoms with van der Waals surface area (Å²) < 4.78 is 0. The lowest BCUT2D eigenvalue weighted by Crippen LogP contribution is -1.81. The molecule has 0 aliphatic heterocycles. The van der Waals surface area contributed by atoms with Crippen LogP contribution >= 0.6 is 0 Å². The first-order valence-electron chi connectivity index (χ1n) is 6.81. The second-order valence-electron chi connectivity index (χ2n) is 4.36. The number of hydrogen-bond donors (Lipinski definition) is 0. The van der Waals surface area contributed by atoms with Crippen molar-refractivity contribution >= 4 is 0 Å². The van der Waals surface area contributed by atoms with E-state index >= 15 is 0 Å². The molecule has 0 amide bonds. The molecular formula is C15H28. The van der Waals surface area contributed by atoms with Crippen LogP contribution in [0.2, 0.25) is 0 Å². The fraction of sp³-hybridized carbons (Fsp3) is 0.867. The van der Waals surface area contributed by atoms with E-state index in [4.69, 9.17) is 0 Å². The Morgan fingerprint density at radius 1 is 0.667 bits per heavy atom. The largest absolute Gasteiger partial charge is 0.107 e. The van der Waals surface area contributed by atoms with Crippen LogP contribution in [0.3, 0.4) is 0 Å². The van der Waals surface area contributed by atoms with Gasteiger partial charge in [-0.15, -0.1) is 11.8 Å². The van der Waals surface area contributed by atoms with Crippen LogP contribution in [0.5, 0.6) is 0 Å². The summed E-state index contributed by atoms with van der Waals surface area (Å²) in [6, 6.07) is 0. The highest BCUT2D eigenvalue weighted by molar-refractivity contribution is 4.94. The Bertz CT molecular complexity index is 159. The van der Waals surface area contributed by atoms with Gasteiger partial charge in [0, 0.05) is 6.42 Å². The van der Waals surface area contributed by atoms with Crippen molar-refractivity contribution in [1.82, 2.24) is 0 Å². The molecule has 0 atom stereocenters. The summed E-state index contributed by atoms with van der Waals surface area (Å²) in [4.78, 5) is 0. The molecule has 0 aromatic rings. The molecule has 0 heteroatoms. The third kappa shape index (κ3) is 13.6. The predicted molar refractivity (Wildman–Crippen MR) is 69.9 cm³/mol. The molecule has 0 nitrogen and oxygen atoms in total. The molecule has 15 heavy (non-hydrogen) atoms. The highest BCUT2D eigenvalue weighted by Crippen LogP contribution is 2.10. The molecule has 0 aliphatic rings. The average Bonchev–Trinajstić information content (AvgIpc) is 2.26. The standard InChI is InChI=1S/C15H28/c1-3-5-7-9-11-13-15-14-12-10-8-6-4-2/h3,5,7-15H2,1-2H3. The van der Waals surface area contributed by atoms with Gasteiger partial charge in [0.15, 0.2) is 0 Å². The van der Waals surface area contributed by atoms with E-state index in [1.54, 1.807) is 0 Å². The van der Waals surface area contributed by atoms with Gasteiger partial charge < -0.3 is 0 Å². The fourth-order valence-corrected chi connectivity index (χ4v) is 1.83. The third-order valence-electron chi connectivity index (χ3n) is 2.83. The lowest BCUT2D eigenvalue weighted by atomic mass is 10.1. The zero-order valence-corrected chi connectivity index (χ0v) is 10.8. The normalized spacial score (nSPS) is 9.73. The van der Waals surface area contributed by atoms with E-state index in [9.17, 15) is 0 Å². The second-order valence-corrected chi connectivity index (χ2v) is 4.36. The van der Waals surface area contributed by atoms with Gasteiger partial charge in [0.2, 0.25) is 0 Å². The maximum absolute atomic E-state index is 3.12. The second kappa shape index (κ2) is 13.6. The fourth-order valence-electron chi connectivity index (χ4n) is 1.83. The van der Waals surface area contributed by atoms with Crippen LogP contribution in [0.1, 0.15) is 84.5 Å². The number of rotatable bonds is 10. The van der Waals surface area contributed by atoms with Crippen molar-refractivity contribution in [1.29, 1.82) is 0 Å². The SMILES string of the molecule is CC#CCCCCCCCCCCCC. The molecule has 0 radical (unpaired) electrons. The summed E-state index contributed by atoms with van der Waals surface area (Å²) >= 11 is 0. The van der Waals surface area contributed by atoms with Gasteiger partial charge in [0.25, 0.3) is 0 Å². The Labute approximate surface area is 96.8 Å². The minimum Gasteiger partial charge on any atom is -0.107 e. The molecular weight excluding hydrogens is 180 g/mol. The van der Waals surface area contributed by atoms with E-state index in [1.807, 2.05) is 6.92 Å². The van der Waals surface area contributed by atoms with E-state index in [1.165, 1.54) is 64.2 Å². The molecule has 0 rings (SSSR count). The Hall–Kier alpha value is -0.440. The van der Waals surface area contributed by atoms with Gasteiger partial charge >= 0.3 is 0 Å². The zero-order chi connectivity index (χ0) is 11.2. The molecule has 0 N–H and O–H groups in total. The minimum absolute atomic E-state index is 1.10. The van der Waals surface area contributed by atoms with Crippen molar-refractivity contribution in [2.75, 3.05) is 0 Å². The van der Waals surface area contributed by atoms with E-state index in [0.717, 1.165) is 6.42 Å². The summed E-state index contributed by atoms with van der Waals surface area (Å²) in [6.45, 7) is 4.20. The summed E-state index contributed by atoms with van der Waals surface area (Å²) in [7, 11) is 0. The van der Waals surface area contributed by atoms with Crippen molar-refractivity contribution in [3.63, 3.8) is 0 Å². The highest BCUT2D eigenvalue weighted by atomic mass is 14.0. The van der Waals surface area contributed by atoms with Crippen LogP contribution in [-0.2, 0) is 0 Å². The summed E-state index contributed by atoms with van der Waals surface area (Å²) in [5.41, 5.74) is 0.